The molecular formula is C20H28Cl4N2O4. The first-order chi connectivity index (χ1) is 14.3. The molecule has 0 aliphatic heterocycles. The van der Waals surface area contributed by atoms with Crippen molar-refractivity contribution in [1.82, 2.24) is 9.80 Å². The molecule has 0 radical (unpaired) electrons. The molecule has 0 saturated carbocycles. The lowest BCUT2D eigenvalue weighted by Crippen LogP contribution is -2.39. The van der Waals surface area contributed by atoms with E-state index in [1.54, 1.807) is 0 Å². The van der Waals surface area contributed by atoms with Crippen LogP contribution in [0.1, 0.15) is 25.0 Å². The lowest BCUT2D eigenvalue weighted by molar-refractivity contribution is -0.131. The average Bonchev–Trinajstić information content (AvgIpc) is 2.72. The molecule has 6 nitrogen and oxygen atoms in total. The molecule has 1 aromatic carbocycles. The Kier molecular flexibility index (Phi) is 13.7. The molecule has 170 valence electrons. The van der Waals surface area contributed by atoms with E-state index >= 15 is 0 Å². The van der Waals surface area contributed by atoms with Gasteiger partial charge in [-0.3, -0.25) is 9.59 Å². The Morgan fingerprint density at radius 2 is 1.17 bits per heavy atom. The molecule has 0 heterocycles. The molecule has 0 aliphatic rings. The van der Waals surface area contributed by atoms with Crippen molar-refractivity contribution in [1.29, 1.82) is 0 Å². The number of hydrogen-bond acceptors (Lipinski definition) is 4. The molecule has 1 aromatic rings. The Morgan fingerprint density at radius 3 is 1.47 bits per heavy atom. The van der Waals surface area contributed by atoms with E-state index in [9.17, 15) is 9.59 Å². The quantitative estimate of drug-likeness (QED) is 0.285. The molecule has 2 amide bonds. The van der Waals surface area contributed by atoms with E-state index < -0.39 is 21.5 Å². The minimum Gasteiger partial charge on any atom is -0.380 e. The van der Waals surface area contributed by atoms with Crippen LogP contribution in [0.3, 0.4) is 0 Å². The van der Waals surface area contributed by atoms with Gasteiger partial charge in [0.2, 0.25) is 0 Å². The number of nitrogens with zero attached hydrogens (tertiary/aromatic N) is 2. The SMILES string of the molecule is CCOCCN(Cc1ccccc1CN(CCOCC)C(=O)C(Cl)Cl)C(=O)C(Cl)Cl. The molecule has 0 atom stereocenters. The second kappa shape index (κ2) is 15.1. The molecule has 30 heavy (non-hydrogen) atoms. The van der Waals surface area contributed by atoms with E-state index in [0.717, 1.165) is 11.1 Å². The molecule has 0 bridgehead atoms. The lowest BCUT2D eigenvalue weighted by atomic mass is 10.1. The summed E-state index contributed by atoms with van der Waals surface area (Å²) < 4.78 is 10.7. The predicted octanol–water partition coefficient (Wildman–Crippen LogP) is 4.02. The molecule has 0 aromatic heterocycles. The molecule has 0 unspecified atom stereocenters. The Balaban J connectivity index is 3.03. The van der Waals surface area contributed by atoms with Gasteiger partial charge in [-0.1, -0.05) is 70.7 Å². The third-order valence-corrected chi connectivity index (χ3v) is 5.00. The van der Waals surface area contributed by atoms with Crippen molar-refractivity contribution < 1.29 is 19.1 Å². The van der Waals surface area contributed by atoms with Crippen LogP contribution in [0.25, 0.3) is 0 Å². The predicted molar refractivity (Wildman–Crippen MR) is 121 cm³/mol. The first kappa shape index (κ1) is 27.3. The minimum absolute atomic E-state index is 0.274. The van der Waals surface area contributed by atoms with Crippen molar-refractivity contribution in [3.05, 3.63) is 35.4 Å². The fourth-order valence-corrected chi connectivity index (χ4v) is 3.28. The summed E-state index contributed by atoms with van der Waals surface area (Å²) in [5.74, 6) is -0.808. The summed E-state index contributed by atoms with van der Waals surface area (Å²) in [6, 6.07) is 7.50. The van der Waals surface area contributed by atoms with Gasteiger partial charge in [0, 0.05) is 39.4 Å². The van der Waals surface area contributed by atoms with Crippen molar-refractivity contribution in [3.63, 3.8) is 0 Å². The fourth-order valence-electron chi connectivity index (χ4n) is 2.73. The van der Waals surface area contributed by atoms with Gasteiger partial charge in [0.1, 0.15) is 0 Å². The summed E-state index contributed by atoms with van der Waals surface area (Å²) in [5, 5.41) is 0. The summed E-state index contributed by atoms with van der Waals surface area (Å²) in [5.41, 5.74) is 1.71. The monoisotopic (exact) mass is 500 g/mol. The lowest BCUT2D eigenvalue weighted by Gasteiger charge is -2.27. The molecule has 0 saturated heterocycles. The van der Waals surface area contributed by atoms with E-state index in [2.05, 4.69) is 0 Å². The van der Waals surface area contributed by atoms with Gasteiger partial charge in [0.15, 0.2) is 9.67 Å². The van der Waals surface area contributed by atoms with Gasteiger partial charge in [-0.2, -0.15) is 0 Å². The molecule has 1 rings (SSSR count). The summed E-state index contributed by atoms with van der Waals surface area (Å²) in [6.45, 7) is 6.80. The van der Waals surface area contributed by atoms with Crippen molar-refractivity contribution in [3.8, 4) is 0 Å². The zero-order valence-electron chi connectivity index (χ0n) is 17.2. The van der Waals surface area contributed by atoms with Crippen LogP contribution in [0.4, 0.5) is 0 Å². The van der Waals surface area contributed by atoms with Crippen molar-refractivity contribution >= 4 is 58.2 Å². The third-order valence-electron chi connectivity index (χ3n) is 4.26. The second-order valence-corrected chi connectivity index (χ2v) is 8.48. The van der Waals surface area contributed by atoms with E-state index in [4.69, 9.17) is 55.9 Å². The zero-order chi connectivity index (χ0) is 22.5. The number of carbonyl (C=O) groups excluding carboxylic acids is 2. The Hall–Kier alpha value is -0.760. The summed E-state index contributed by atoms with van der Waals surface area (Å²) in [6.07, 6.45) is 0. The number of ether oxygens (including phenoxy) is 2. The first-order valence-corrected chi connectivity index (χ1v) is 11.4. The van der Waals surface area contributed by atoms with E-state index in [0.29, 0.717) is 39.5 Å². The van der Waals surface area contributed by atoms with Crippen LogP contribution in [0.5, 0.6) is 0 Å². The largest absolute Gasteiger partial charge is 0.380 e. The van der Waals surface area contributed by atoms with Crippen LogP contribution in [-0.2, 0) is 32.2 Å². The van der Waals surface area contributed by atoms with Crippen LogP contribution >= 0.6 is 46.4 Å². The zero-order valence-corrected chi connectivity index (χ0v) is 20.2. The highest BCUT2D eigenvalue weighted by Gasteiger charge is 2.24. The van der Waals surface area contributed by atoms with E-state index in [1.807, 2.05) is 38.1 Å². The number of rotatable bonds is 14. The molecule has 10 heteroatoms. The van der Waals surface area contributed by atoms with Crippen LogP contribution in [-0.4, -0.2) is 70.8 Å². The molecule has 0 spiro atoms. The summed E-state index contributed by atoms with van der Waals surface area (Å²) in [7, 11) is 0. The van der Waals surface area contributed by atoms with Crippen LogP contribution < -0.4 is 0 Å². The van der Waals surface area contributed by atoms with Gasteiger partial charge < -0.3 is 19.3 Å². The van der Waals surface area contributed by atoms with Crippen LogP contribution in [0, 0.1) is 0 Å². The van der Waals surface area contributed by atoms with Crippen LogP contribution in [0.15, 0.2) is 24.3 Å². The second-order valence-electron chi connectivity index (χ2n) is 6.28. The first-order valence-electron chi connectivity index (χ1n) is 9.67. The maximum Gasteiger partial charge on any atom is 0.256 e. The summed E-state index contributed by atoms with van der Waals surface area (Å²) >= 11 is 23.2. The van der Waals surface area contributed by atoms with Crippen LogP contribution in [0.2, 0.25) is 0 Å². The molecular weight excluding hydrogens is 474 g/mol. The Bertz CT molecular complexity index is 606. The highest BCUT2D eigenvalue weighted by atomic mass is 35.5. The third kappa shape index (κ3) is 9.58. The average molecular weight is 502 g/mol. The number of hydrogen-bond donors (Lipinski definition) is 0. The van der Waals surface area contributed by atoms with Crippen molar-refractivity contribution in [2.45, 2.75) is 36.6 Å². The highest BCUT2D eigenvalue weighted by molar-refractivity contribution is 6.53. The van der Waals surface area contributed by atoms with Gasteiger partial charge in [-0.05, 0) is 25.0 Å². The van der Waals surface area contributed by atoms with Crippen molar-refractivity contribution in [2.75, 3.05) is 39.5 Å². The smallest absolute Gasteiger partial charge is 0.256 e. The summed E-state index contributed by atoms with van der Waals surface area (Å²) in [4.78, 5) is 25.6. The number of benzene rings is 1. The van der Waals surface area contributed by atoms with Crippen molar-refractivity contribution in [2.24, 2.45) is 0 Å². The Morgan fingerprint density at radius 1 is 0.800 bits per heavy atom. The normalized spacial score (nSPS) is 11.2. The van der Waals surface area contributed by atoms with E-state index in [1.165, 1.54) is 9.80 Å². The van der Waals surface area contributed by atoms with Gasteiger partial charge in [-0.15, -0.1) is 0 Å². The van der Waals surface area contributed by atoms with E-state index in [-0.39, 0.29) is 13.1 Å². The van der Waals surface area contributed by atoms with Gasteiger partial charge in [0.25, 0.3) is 11.8 Å². The molecule has 0 aliphatic carbocycles. The number of alkyl halides is 4. The standard InChI is InChI=1S/C20H28Cl4N2O4/c1-3-29-11-9-25(19(27)17(21)22)13-15-7-5-6-8-16(15)14-26(10-12-30-4-2)20(28)18(23)24/h5-8,17-18H,3-4,9-14H2,1-2H3. The highest BCUT2D eigenvalue weighted by Crippen LogP contribution is 2.18. The van der Waals surface area contributed by atoms with Gasteiger partial charge in [0.05, 0.1) is 13.2 Å². The maximum absolute atomic E-state index is 12.4. The fraction of sp³-hybridized carbons (Fsp3) is 0.600. The molecule has 0 fully saturated rings. The number of amides is 2. The minimum atomic E-state index is -1.17. The van der Waals surface area contributed by atoms with Gasteiger partial charge in [-0.25, -0.2) is 0 Å². The molecule has 0 N–H and O–H groups in total. The maximum atomic E-state index is 12.4. The number of carbonyl (C=O) groups is 2. The number of halogens is 4. The Labute approximate surface area is 198 Å². The van der Waals surface area contributed by atoms with Gasteiger partial charge >= 0.3 is 0 Å². The topological polar surface area (TPSA) is 59.1 Å².